The van der Waals surface area contributed by atoms with Gasteiger partial charge in [0.1, 0.15) is 24.6 Å². The molecular weight excluding hydrogens is 248 g/mol. The quantitative estimate of drug-likeness (QED) is 0.578. The summed E-state index contributed by atoms with van der Waals surface area (Å²) in [5, 5.41) is 0. The van der Waals surface area contributed by atoms with Crippen LogP contribution in [-0.4, -0.2) is 42.3 Å². The van der Waals surface area contributed by atoms with E-state index in [-0.39, 0.29) is 24.4 Å². The van der Waals surface area contributed by atoms with Crippen LogP contribution >= 0.6 is 0 Å². The van der Waals surface area contributed by atoms with Crippen LogP contribution in [0.5, 0.6) is 0 Å². The van der Waals surface area contributed by atoms with Crippen LogP contribution in [0.2, 0.25) is 0 Å². The van der Waals surface area contributed by atoms with Gasteiger partial charge in [-0.2, -0.15) is 0 Å². The first-order chi connectivity index (χ1) is 8.74. The normalized spacial score (nSPS) is 40.9. The van der Waals surface area contributed by atoms with Crippen LogP contribution in [0.4, 0.5) is 0 Å². The molecule has 0 aliphatic carbocycles. The number of carbonyl (C=O) groups is 1. The van der Waals surface area contributed by atoms with Crippen molar-refractivity contribution in [3.05, 3.63) is 12.2 Å². The first-order valence-corrected chi connectivity index (χ1v) is 6.57. The number of hydrogen-bond donors (Lipinski definition) is 0. The summed E-state index contributed by atoms with van der Waals surface area (Å²) >= 11 is 0. The average molecular weight is 270 g/mol. The Kier molecular flexibility index (Phi) is 3.84. The van der Waals surface area contributed by atoms with Gasteiger partial charge in [0.15, 0.2) is 11.6 Å². The van der Waals surface area contributed by atoms with Gasteiger partial charge in [0.25, 0.3) is 0 Å². The fourth-order valence-corrected chi connectivity index (χ4v) is 2.68. The van der Waals surface area contributed by atoms with Crippen molar-refractivity contribution < 1.29 is 23.7 Å². The monoisotopic (exact) mass is 270 g/mol. The molecule has 5 nitrogen and oxygen atoms in total. The van der Waals surface area contributed by atoms with Gasteiger partial charge in [-0.1, -0.05) is 0 Å². The van der Waals surface area contributed by atoms with E-state index in [1.165, 1.54) is 6.08 Å². The van der Waals surface area contributed by atoms with Gasteiger partial charge in [0.05, 0.1) is 6.10 Å². The average Bonchev–Trinajstić information content (AvgIpc) is 2.71. The van der Waals surface area contributed by atoms with Gasteiger partial charge in [-0.3, -0.25) is 4.79 Å². The lowest BCUT2D eigenvalue weighted by Crippen LogP contribution is -2.40. The van der Waals surface area contributed by atoms with E-state index < -0.39 is 11.6 Å². The molecule has 2 saturated heterocycles. The van der Waals surface area contributed by atoms with Crippen LogP contribution in [-0.2, 0) is 23.7 Å². The summed E-state index contributed by atoms with van der Waals surface area (Å²) in [7, 11) is 0. The molecule has 2 fully saturated rings. The molecule has 0 saturated carbocycles. The van der Waals surface area contributed by atoms with Gasteiger partial charge in [0.2, 0.25) is 0 Å². The molecule has 0 aromatic rings. The third-order valence-electron chi connectivity index (χ3n) is 3.22. The van der Waals surface area contributed by atoms with Gasteiger partial charge in [-0.15, -0.1) is 0 Å². The van der Waals surface area contributed by atoms with E-state index in [4.69, 9.17) is 18.9 Å². The number of rotatable bonds is 3. The fraction of sp³-hybridized carbons (Fsp3) is 0.786. The molecule has 0 aromatic heterocycles. The van der Waals surface area contributed by atoms with E-state index in [0.29, 0.717) is 0 Å². The second-order valence-corrected chi connectivity index (χ2v) is 5.89. The molecule has 0 N–H and O–H groups in total. The lowest BCUT2D eigenvalue weighted by atomic mass is 10.0. The standard InChI is InChI=1S/C14H22O5/c1-9-11(18-13(2,3)16-9)12-10(7-6-8-15)17-14(4,5)19-12/h6-12H,1-5H3/b7-6-/t9-,10+,11-,12-/m0/s1. The highest BCUT2D eigenvalue weighted by molar-refractivity contribution is 5.64. The predicted molar refractivity (Wildman–Crippen MR) is 68.5 cm³/mol. The molecule has 2 aliphatic rings. The van der Waals surface area contributed by atoms with Gasteiger partial charge < -0.3 is 18.9 Å². The first-order valence-electron chi connectivity index (χ1n) is 6.57. The smallest absolute Gasteiger partial charge is 0.164 e. The molecule has 0 bridgehead atoms. The van der Waals surface area contributed by atoms with E-state index in [1.807, 2.05) is 34.6 Å². The Hall–Kier alpha value is -0.750. The molecule has 0 spiro atoms. The fourth-order valence-electron chi connectivity index (χ4n) is 2.68. The Morgan fingerprint density at radius 1 is 0.895 bits per heavy atom. The Bertz CT molecular complexity index is 374. The van der Waals surface area contributed by atoms with Crippen molar-refractivity contribution in [1.29, 1.82) is 0 Å². The summed E-state index contributed by atoms with van der Waals surface area (Å²) in [6.07, 6.45) is 2.93. The van der Waals surface area contributed by atoms with Crippen LogP contribution in [0.25, 0.3) is 0 Å². The maximum Gasteiger partial charge on any atom is 0.164 e. The third-order valence-corrected chi connectivity index (χ3v) is 3.22. The Morgan fingerprint density at radius 3 is 2.00 bits per heavy atom. The molecule has 0 radical (unpaired) electrons. The van der Waals surface area contributed by atoms with Crippen LogP contribution in [0.3, 0.4) is 0 Å². The molecular formula is C14H22O5. The van der Waals surface area contributed by atoms with Crippen molar-refractivity contribution in [3.63, 3.8) is 0 Å². The zero-order valence-corrected chi connectivity index (χ0v) is 12.1. The first kappa shape index (κ1) is 14.7. The molecule has 2 heterocycles. The Morgan fingerprint density at radius 2 is 1.47 bits per heavy atom. The van der Waals surface area contributed by atoms with E-state index in [9.17, 15) is 4.79 Å². The second-order valence-electron chi connectivity index (χ2n) is 5.89. The molecule has 0 aromatic carbocycles. The van der Waals surface area contributed by atoms with Gasteiger partial charge in [-0.05, 0) is 46.8 Å². The summed E-state index contributed by atoms with van der Waals surface area (Å²) in [5.41, 5.74) is 0. The minimum Gasteiger partial charge on any atom is -0.345 e. The van der Waals surface area contributed by atoms with Crippen molar-refractivity contribution in [2.75, 3.05) is 0 Å². The van der Waals surface area contributed by atoms with Crippen molar-refractivity contribution in [3.8, 4) is 0 Å². The SMILES string of the molecule is C[C@@H]1OC(C)(C)O[C@@H]1[C@H]1OC(C)(C)O[C@@H]1/C=C\C=O. The molecule has 2 rings (SSSR count). The van der Waals surface area contributed by atoms with Gasteiger partial charge in [0, 0.05) is 0 Å². The summed E-state index contributed by atoms with van der Waals surface area (Å²) in [5.74, 6) is -1.32. The number of carbonyl (C=O) groups excluding carboxylic acids is 1. The maximum atomic E-state index is 10.5. The molecule has 0 unspecified atom stereocenters. The number of ether oxygens (including phenoxy) is 4. The number of hydrogen-bond acceptors (Lipinski definition) is 5. The predicted octanol–water partition coefficient (Wildman–Crippen LogP) is 1.80. The van der Waals surface area contributed by atoms with Crippen molar-refractivity contribution in [1.82, 2.24) is 0 Å². The summed E-state index contributed by atoms with van der Waals surface area (Å²) in [6, 6.07) is 0. The highest BCUT2D eigenvalue weighted by atomic mass is 16.8. The summed E-state index contributed by atoms with van der Waals surface area (Å²) in [6.45, 7) is 9.40. The minimum atomic E-state index is -0.696. The van der Waals surface area contributed by atoms with Crippen LogP contribution in [0.1, 0.15) is 34.6 Å². The lowest BCUT2D eigenvalue weighted by Gasteiger charge is -2.24. The zero-order chi connectivity index (χ0) is 14.3. The number of aldehydes is 1. The van der Waals surface area contributed by atoms with Crippen LogP contribution in [0, 0.1) is 0 Å². The topological polar surface area (TPSA) is 54.0 Å². The molecule has 108 valence electrons. The summed E-state index contributed by atoms with van der Waals surface area (Å²) in [4.78, 5) is 10.5. The van der Waals surface area contributed by atoms with Crippen LogP contribution in [0.15, 0.2) is 12.2 Å². The van der Waals surface area contributed by atoms with E-state index in [1.54, 1.807) is 6.08 Å². The highest BCUT2D eigenvalue weighted by Gasteiger charge is 2.51. The molecule has 2 aliphatic heterocycles. The molecule has 5 heteroatoms. The maximum absolute atomic E-state index is 10.5. The van der Waals surface area contributed by atoms with Crippen LogP contribution < -0.4 is 0 Å². The highest BCUT2D eigenvalue weighted by Crippen LogP contribution is 2.38. The lowest BCUT2D eigenvalue weighted by molar-refractivity contribution is -0.174. The van der Waals surface area contributed by atoms with Crippen molar-refractivity contribution in [2.24, 2.45) is 0 Å². The Labute approximate surface area is 113 Å². The summed E-state index contributed by atoms with van der Waals surface area (Å²) < 4.78 is 23.3. The minimum absolute atomic E-state index is 0.0929. The van der Waals surface area contributed by atoms with Crippen molar-refractivity contribution >= 4 is 6.29 Å². The molecule has 0 amide bonds. The van der Waals surface area contributed by atoms with Crippen molar-refractivity contribution in [2.45, 2.75) is 70.6 Å². The zero-order valence-electron chi connectivity index (χ0n) is 12.1. The van der Waals surface area contributed by atoms with Gasteiger partial charge >= 0.3 is 0 Å². The van der Waals surface area contributed by atoms with Gasteiger partial charge in [-0.25, -0.2) is 0 Å². The van der Waals surface area contributed by atoms with E-state index in [2.05, 4.69) is 0 Å². The third kappa shape index (κ3) is 3.23. The Balaban J connectivity index is 2.17. The van der Waals surface area contributed by atoms with E-state index >= 15 is 0 Å². The second kappa shape index (κ2) is 4.98. The molecule has 19 heavy (non-hydrogen) atoms. The largest absolute Gasteiger partial charge is 0.345 e. The molecule has 4 atom stereocenters. The van der Waals surface area contributed by atoms with E-state index in [0.717, 1.165) is 6.29 Å². The number of allylic oxidation sites excluding steroid dienone is 1.